The third-order valence-electron chi connectivity index (χ3n) is 4.59. The van der Waals surface area contributed by atoms with Crippen LogP contribution in [0.4, 0.5) is 0 Å². The summed E-state index contributed by atoms with van der Waals surface area (Å²) in [6, 6.07) is 13.2. The molecule has 0 aliphatic rings. The molecule has 0 aliphatic heterocycles. The summed E-state index contributed by atoms with van der Waals surface area (Å²) >= 11 is 0. The predicted octanol–water partition coefficient (Wildman–Crippen LogP) is 3.12. The first kappa shape index (κ1) is 19.3. The molecule has 0 radical (unpaired) electrons. The largest absolute Gasteiger partial charge is 0.454 e. The number of esters is 1. The first-order chi connectivity index (χ1) is 14.5. The van der Waals surface area contributed by atoms with E-state index in [4.69, 9.17) is 9.26 Å². The number of aryl methyl sites for hydroxylation is 2. The number of hydrogen-bond acceptors (Lipinski definition) is 7. The third-order valence-corrected chi connectivity index (χ3v) is 4.59. The minimum atomic E-state index is -0.486. The van der Waals surface area contributed by atoms with E-state index in [0.29, 0.717) is 11.6 Å². The molecule has 0 bridgehead atoms. The Morgan fingerprint density at radius 3 is 2.70 bits per heavy atom. The standard InChI is InChI=1S/C21H20N6O3/c1-14-11-17(16(3)26(14)19-12-15(2)30-23-19)9-10-21(28)29-13-20-22-24-25-27(20)18-7-5-4-6-8-18/h4-12H,13H2,1-3H3/b10-9+. The van der Waals surface area contributed by atoms with Crippen molar-refractivity contribution < 1.29 is 14.1 Å². The van der Waals surface area contributed by atoms with Crippen LogP contribution in [0.15, 0.2) is 53.1 Å². The van der Waals surface area contributed by atoms with Crippen molar-refractivity contribution in [3.63, 3.8) is 0 Å². The quantitative estimate of drug-likeness (QED) is 0.359. The lowest BCUT2D eigenvalue weighted by molar-refractivity contribution is -0.139. The summed E-state index contributed by atoms with van der Waals surface area (Å²) < 4.78 is 14.0. The Balaban J connectivity index is 1.44. The molecule has 0 amide bonds. The third kappa shape index (κ3) is 3.90. The van der Waals surface area contributed by atoms with Crippen molar-refractivity contribution >= 4 is 12.0 Å². The Morgan fingerprint density at radius 2 is 1.97 bits per heavy atom. The molecular formula is C21H20N6O3. The normalized spacial score (nSPS) is 11.3. The van der Waals surface area contributed by atoms with E-state index in [1.807, 2.05) is 67.8 Å². The molecule has 0 saturated heterocycles. The Kier molecular flexibility index (Phi) is 5.25. The van der Waals surface area contributed by atoms with Gasteiger partial charge in [-0.2, -0.15) is 4.68 Å². The summed E-state index contributed by atoms with van der Waals surface area (Å²) in [4.78, 5) is 12.2. The zero-order valence-corrected chi connectivity index (χ0v) is 16.8. The highest BCUT2D eigenvalue weighted by Gasteiger charge is 2.13. The summed E-state index contributed by atoms with van der Waals surface area (Å²) in [7, 11) is 0. The molecule has 0 N–H and O–H groups in total. The van der Waals surface area contributed by atoms with Crippen LogP contribution < -0.4 is 0 Å². The molecule has 1 aromatic carbocycles. The van der Waals surface area contributed by atoms with E-state index >= 15 is 0 Å². The number of carbonyl (C=O) groups excluding carboxylic acids is 1. The van der Waals surface area contributed by atoms with E-state index in [1.54, 1.807) is 6.08 Å². The van der Waals surface area contributed by atoms with Crippen LogP contribution >= 0.6 is 0 Å². The fourth-order valence-corrected chi connectivity index (χ4v) is 3.17. The number of aromatic nitrogens is 6. The topological polar surface area (TPSA) is 101 Å². The van der Waals surface area contributed by atoms with Gasteiger partial charge in [-0.1, -0.05) is 23.4 Å². The zero-order valence-electron chi connectivity index (χ0n) is 16.8. The van der Waals surface area contributed by atoms with Crippen LogP contribution in [0.5, 0.6) is 0 Å². The lowest BCUT2D eigenvalue weighted by Gasteiger charge is -2.04. The molecule has 9 heteroatoms. The molecule has 0 saturated carbocycles. The molecule has 4 aromatic rings. The van der Waals surface area contributed by atoms with Gasteiger partial charge in [0.2, 0.25) is 0 Å². The number of nitrogens with zero attached hydrogens (tertiary/aromatic N) is 6. The highest BCUT2D eigenvalue weighted by atomic mass is 16.5. The Labute approximate surface area is 172 Å². The van der Waals surface area contributed by atoms with Gasteiger partial charge in [0.15, 0.2) is 18.2 Å². The lowest BCUT2D eigenvalue weighted by atomic mass is 10.2. The summed E-state index contributed by atoms with van der Waals surface area (Å²) in [6.07, 6.45) is 3.10. The van der Waals surface area contributed by atoms with Crippen molar-refractivity contribution in [1.29, 1.82) is 0 Å². The van der Waals surface area contributed by atoms with Gasteiger partial charge in [0.05, 0.1) is 5.69 Å². The first-order valence-electron chi connectivity index (χ1n) is 9.33. The maximum absolute atomic E-state index is 12.2. The van der Waals surface area contributed by atoms with Crippen molar-refractivity contribution in [3.8, 4) is 11.5 Å². The van der Waals surface area contributed by atoms with Crippen molar-refractivity contribution in [2.75, 3.05) is 0 Å². The molecule has 0 unspecified atom stereocenters. The number of ether oxygens (including phenoxy) is 1. The van der Waals surface area contributed by atoms with Crippen molar-refractivity contribution in [2.24, 2.45) is 0 Å². The van der Waals surface area contributed by atoms with Gasteiger partial charge in [0, 0.05) is 23.5 Å². The van der Waals surface area contributed by atoms with E-state index in [1.165, 1.54) is 10.8 Å². The SMILES string of the molecule is Cc1cc(-n2c(C)cc(/C=C/C(=O)OCc3nnnn3-c3ccccc3)c2C)no1. The van der Waals surface area contributed by atoms with Crippen LogP contribution in [-0.2, 0) is 16.1 Å². The van der Waals surface area contributed by atoms with Crippen LogP contribution in [0, 0.1) is 20.8 Å². The molecule has 0 fully saturated rings. The average Bonchev–Trinajstić information content (AvgIpc) is 3.45. The summed E-state index contributed by atoms with van der Waals surface area (Å²) in [6.45, 7) is 5.73. The van der Waals surface area contributed by atoms with Crippen LogP contribution in [0.2, 0.25) is 0 Å². The van der Waals surface area contributed by atoms with E-state index in [-0.39, 0.29) is 6.61 Å². The van der Waals surface area contributed by atoms with Crippen LogP contribution in [-0.4, -0.2) is 35.9 Å². The van der Waals surface area contributed by atoms with Crippen molar-refractivity contribution in [3.05, 3.63) is 77.1 Å². The second-order valence-electron chi connectivity index (χ2n) is 6.74. The highest BCUT2D eigenvalue weighted by molar-refractivity contribution is 5.87. The minimum absolute atomic E-state index is 0.0394. The van der Waals surface area contributed by atoms with Gasteiger partial charge in [-0.25, -0.2) is 4.79 Å². The predicted molar refractivity (Wildman–Crippen MR) is 108 cm³/mol. The molecular weight excluding hydrogens is 384 g/mol. The molecule has 30 heavy (non-hydrogen) atoms. The Morgan fingerprint density at radius 1 is 1.17 bits per heavy atom. The molecule has 0 aliphatic carbocycles. The fraction of sp³-hybridized carbons (Fsp3) is 0.190. The lowest BCUT2D eigenvalue weighted by Crippen LogP contribution is -2.08. The molecule has 3 aromatic heterocycles. The monoisotopic (exact) mass is 404 g/mol. The van der Waals surface area contributed by atoms with Gasteiger partial charge in [-0.05, 0) is 61.0 Å². The number of carbonyl (C=O) groups is 1. The Bertz CT molecular complexity index is 1200. The van der Waals surface area contributed by atoms with Crippen LogP contribution in [0.25, 0.3) is 17.6 Å². The number of rotatable bonds is 6. The fourth-order valence-electron chi connectivity index (χ4n) is 3.17. The van der Waals surface area contributed by atoms with Crippen molar-refractivity contribution in [2.45, 2.75) is 27.4 Å². The smallest absolute Gasteiger partial charge is 0.331 e. The molecule has 9 nitrogen and oxygen atoms in total. The average molecular weight is 404 g/mol. The van der Waals surface area contributed by atoms with Gasteiger partial charge in [-0.3, -0.25) is 4.57 Å². The van der Waals surface area contributed by atoms with Gasteiger partial charge in [-0.15, -0.1) is 5.10 Å². The van der Waals surface area contributed by atoms with Crippen molar-refractivity contribution in [1.82, 2.24) is 29.9 Å². The van der Waals surface area contributed by atoms with E-state index in [2.05, 4.69) is 20.7 Å². The van der Waals surface area contributed by atoms with E-state index < -0.39 is 5.97 Å². The van der Waals surface area contributed by atoms with Crippen LogP contribution in [0.3, 0.4) is 0 Å². The highest BCUT2D eigenvalue weighted by Crippen LogP contribution is 2.21. The van der Waals surface area contributed by atoms with Gasteiger partial charge in [0.1, 0.15) is 5.76 Å². The summed E-state index contributed by atoms with van der Waals surface area (Å²) in [5.41, 5.74) is 3.60. The molecule has 3 heterocycles. The second-order valence-corrected chi connectivity index (χ2v) is 6.74. The molecule has 152 valence electrons. The summed E-state index contributed by atoms with van der Waals surface area (Å²) in [5, 5.41) is 15.6. The molecule has 4 rings (SSSR count). The van der Waals surface area contributed by atoms with Gasteiger partial charge in [0.25, 0.3) is 0 Å². The number of hydrogen-bond donors (Lipinski definition) is 0. The second kappa shape index (κ2) is 8.16. The summed E-state index contributed by atoms with van der Waals surface area (Å²) in [5.74, 6) is 1.38. The molecule has 0 spiro atoms. The first-order valence-corrected chi connectivity index (χ1v) is 9.33. The maximum Gasteiger partial charge on any atom is 0.331 e. The zero-order chi connectivity index (χ0) is 21.1. The van der Waals surface area contributed by atoms with E-state index in [0.717, 1.165) is 28.4 Å². The number of para-hydroxylation sites is 1. The number of tetrazole rings is 1. The Hall–Kier alpha value is -4.01. The maximum atomic E-state index is 12.2. The van der Waals surface area contributed by atoms with Crippen LogP contribution in [0.1, 0.15) is 28.5 Å². The van der Waals surface area contributed by atoms with Gasteiger partial charge >= 0.3 is 5.97 Å². The van der Waals surface area contributed by atoms with E-state index in [9.17, 15) is 4.79 Å². The minimum Gasteiger partial charge on any atom is -0.454 e. The number of benzene rings is 1. The van der Waals surface area contributed by atoms with Gasteiger partial charge < -0.3 is 9.26 Å². The molecule has 0 atom stereocenters.